The van der Waals surface area contributed by atoms with E-state index >= 15 is 0 Å². The summed E-state index contributed by atoms with van der Waals surface area (Å²) < 4.78 is 37.3. The Labute approximate surface area is 157 Å². The molecule has 2 rings (SSSR count). The van der Waals surface area contributed by atoms with Gasteiger partial charge in [0.2, 0.25) is 15.9 Å². The van der Waals surface area contributed by atoms with E-state index in [1.807, 2.05) is 0 Å². The third kappa shape index (κ3) is 4.87. The maximum atomic E-state index is 12.4. The van der Waals surface area contributed by atoms with Crippen LogP contribution in [0.1, 0.15) is 6.92 Å². The van der Waals surface area contributed by atoms with Gasteiger partial charge < -0.3 is 14.8 Å². The molecule has 0 bridgehead atoms. The molecule has 2 aromatic carbocycles. The van der Waals surface area contributed by atoms with Gasteiger partial charge in [0.05, 0.1) is 30.8 Å². The van der Waals surface area contributed by atoms with Crippen LogP contribution in [0.5, 0.6) is 11.5 Å². The Balaban J connectivity index is 2.11. The molecule has 0 unspecified atom stereocenters. The predicted octanol–water partition coefficient (Wildman–Crippen LogP) is 2.66. The first-order valence-corrected chi connectivity index (χ1v) is 9.43. The molecular weight excluding hydrogens is 380 g/mol. The SMILES string of the molecule is COc1ccc(NC(=O)[C@H](C)NS(=O)(=O)c2ccc(Cl)cc2)c(OC)c1. The molecule has 0 radical (unpaired) electrons. The molecule has 0 aliphatic heterocycles. The Kier molecular flexibility index (Phi) is 6.47. The van der Waals surface area contributed by atoms with E-state index in [-0.39, 0.29) is 4.90 Å². The third-order valence-electron chi connectivity index (χ3n) is 3.52. The summed E-state index contributed by atoms with van der Waals surface area (Å²) in [4.78, 5) is 12.4. The molecule has 1 amide bonds. The summed E-state index contributed by atoms with van der Waals surface area (Å²) in [5, 5.41) is 3.05. The van der Waals surface area contributed by atoms with E-state index in [4.69, 9.17) is 21.1 Å². The van der Waals surface area contributed by atoms with Crippen molar-refractivity contribution in [3.63, 3.8) is 0 Å². The number of rotatable bonds is 7. The van der Waals surface area contributed by atoms with Gasteiger partial charge in [-0.25, -0.2) is 8.42 Å². The lowest BCUT2D eigenvalue weighted by molar-refractivity contribution is -0.117. The normalized spacial score (nSPS) is 12.3. The number of nitrogens with one attached hydrogen (secondary N) is 2. The first kappa shape index (κ1) is 20.0. The third-order valence-corrected chi connectivity index (χ3v) is 5.32. The highest BCUT2D eigenvalue weighted by Gasteiger charge is 2.23. The van der Waals surface area contributed by atoms with Gasteiger partial charge in [-0.15, -0.1) is 0 Å². The van der Waals surface area contributed by atoms with E-state index in [1.54, 1.807) is 18.2 Å². The molecule has 0 aliphatic rings. The average Bonchev–Trinajstić information content (AvgIpc) is 2.61. The Bertz CT molecular complexity index is 885. The largest absolute Gasteiger partial charge is 0.497 e. The van der Waals surface area contributed by atoms with Crippen molar-refractivity contribution < 1.29 is 22.7 Å². The van der Waals surface area contributed by atoms with Crippen molar-refractivity contribution in [1.29, 1.82) is 0 Å². The Morgan fingerprint density at radius 2 is 1.73 bits per heavy atom. The van der Waals surface area contributed by atoms with Gasteiger partial charge in [-0.05, 0) is 43.3 Å². The summed E-state index contributed by atoms with van der Waals surface area (Å²) in [6.07, 6.45) is 0. The maximum absolute atomic E-state index is 12.4. The van der Waals surface area contributed by atoms with Gasteiger partial charge in [0.1, 0.15) is 11.5 Å². The molecule has 1 atom stereocenters. The minimum absolute atomic E-state index is 0.0172. The van der Waals surface area contributed by atoms with Gasteiger partial charge in [0, 0.05) is 11.1 Å². The van der Waals surface area contributed by atoms with E-state index in [9.17, 15) is 13.2 Å². The van der Waals surface area contributed by atoms with Crippen LogP contribution in [-0.4, -0.2) is 34.6 Å². The van der Waals surface area contributed by atoms with Crippen molar-refractivity contribution in [3.05, 3.63) is 47.5 Å². The fourth-order valence-electron chi connectivity index (χ4n) is 2.11. The summed E-state index contributed by atoms with van der Waals surface area (Å²) in [6, 6.07) is 9.51. The monoisotopic (exact) mass is 398 g/mol. The molecule has 0 saturated carbocycles. The van der Waals surface area contributed by atoms with Crippen molar-refractivity contribution in [3.8, 4) is 11.5 Å². The van der Waals surface area contributed by atoms with Crippen LogP contribution in [0.15, 0.2) is 47.4 Å². The van der Waals surface area contributed by atoms with E-state index < -0.39 is 22.0 Å². The molecule has 140 valence electrons. The lowest BCUT2D eigenvalue weighted by atomic mass is 10.2. The average molecular weight is 399 g/mol. The standard InChI is InChI=1S/C17H19ClN2O5S/c1-11(20-26(22,23)14-7-4-12(18)5-8-14)17(21)19-15-9-6-13(24-2)10-16(15)25-3/h4-11,20H,1-3H3,(H,19,21)/t11-/m0/s1. The second-order valence-electron chi connectivity index (χ2n) is 5.35. The lowest BCUT2D eigenvalue weighted by Gasteiger charge is -2.16. The Morgan fingerprint density at radius 1 is 1.08 bits per heavy atom. The van der Waals surface area contributed by atoms with Crippen LogP contribution in [0.2, 0.25) is 5.02 Å². The summed E-state index contributed by atoms with van der Waals surface area (Å²) in [5.74, 6) is 0.424. The van der Waals surface area contributed by atoms with Crippen molar-refractivity contribution in [2.24, 2.45) is 0 Å². The number of carbonyl (C=O) groups excluding carboxylic acids is 1. The highest BCUT2D eigenvalue weighted by atomic mass is 35.5. The smallest absolute Gasteiger partial charge is 0.242 e. The molecule has 0 spiro atoms. The second-order valence-corrected chi connectivity index (χ2v) is 7.50. The first-order chi connectivity index (χ1) is 12.3. The molecule has 0 aromatic heterocycles. The molecule has 0 saturated heterocycles. The van der Waals surface area contributed by atoms with Gasteiger partial charge in [0.25, 0.3) is 0 Å². The van der Waals surface area contributed by atoms with Crippen LogP contribution in [0, 0.1) is 0 Å². The molecule has 0 fully saturated rings. The van der Waals surface area contributed by atoms with Crippen LogP contribution in [-0.2, 0) is 14.8 Å². The molecule has 0 aliphatic carbocycles. The minimum Gasteiger partial charge on any atom is -0.497 e. The lowest BCUT2D eigenvalue weighted by Crippen LogP contribution is -2.41. The number of ether oxygens (including phenoxy) is 2. The van der Waals surface area contributed by atoms with E-state index in [2.05, 4.69) is 10.0 Å². The van der Waals surface area contributed by atoms with Crippen LogP contribution in [0.4, 0.5) is 5.69 Å². The number of amides is 1. The van der Waals surface area contributed by atoms with Crippen LogP contribution in [0.3, 0.4) is 0 Å². The van der Waals surface area contributed by atoms with Gasteiger partial charge in [0.15, 0.2) is 0 Å². The topological polar surface area (TPSA) is 93.7 Å². The molecule has 2 N–H and O–H groups in total. The van der Waals surface area contributed by atoms with Crippen molar-refractivity contribution in [1.82, 2.24) is 4.72 Å². The first-order valence-electron chi connectivity index (χ1n) is 7.57. The maximum Gasteiger partial charge on any atom is 0.242 e. The molecule has 7 nitrogen and oxygen atoms in total. The van der Waals surface area contributed by atoms with E-state index in [0.29, 0.717) is 22.2 Å². The van der Waals surface area contributed by atoms with Crippen molar-refractivity contribution in [2.75, 3.05) is 19.5 Å². The van der Waals surface area contributed by atoms with Crippen LogP contribution in [0.25, 0.3) is 0 Å². The fourth-order valence-corrected chi connectivity index (χ4v) is 3.44. The second kappa shape index (κ2) is 8.39. The number of anilines is 1. The Morgan fingerprint density at radius 3 is 2.31 bits per heavy atom. The number of methoxy groups -OCH3 is 2. The molecule has 26 heavy (non-hydrogen) atoms. The zero-order valence-corrected chi connectivity index (χ0v) is 16.0. The zero-order valence-electron chi connectivity index (χ0n) is 14.4. The van der Waals surface area contributed by atoms with Gasteiger partial charge in [-0.3, -0.25) is 4.79 Å². The molecule has 2 aromatic rings. The van der Waals surface area contributed by atoms with E-state index in [1.165, 1.54) is 45.4 Å². The highest BCUT2D eigenvalue weighted by molar-refractivity contribution is 7.89. The van der Waals surface area contributed by atoms with Gasteiger partial charge in [-0.1, -0.05) is 11.6 Å². The van der Waals surface area contributed by atoms with Gasteiger partial charge >= 0.3 is 0 Å². The number of benzene rings is 2. The highest BCUT2D eigenvalue weighted by Crippen LogP contribution is 2.29. The number of hydrogen-bond donors (Lipinski definition) is 2. The summed E-state index contributed by atoms with van der Waals surface area (Å²) in [7, 11) is -0.891. The summed E-state index contributed by atoms with van der Waals surface area (Å²) in [6.45, 7) is 1.44. The number of halogens is 1. The van der Waals surface area contributed by atoms with Crippen LogP contribution >= 0.6 is 11.6 Å². The summed E-state index contributed by atoms with van der Waals surface area (Å²) >= 11 is 5.76. The zero-order chi connectivity index (χ0) is 19.3. The number of sulfonamides is 1. The molecular formula is C17H19ClN2O5S. The van der Waals surface area contributed by atoms with Crippen molar-refractivity contribution >= 4 is 33.2 Å². The quantitative estimate of drug-likeness (QED) is 0.747. The molecule has 9 heteroatoms. The number of hydrogen-bond acceptors (Lipinski definition) is 5. The van der Waals surface area contributed by atoms with E-state index in [0.717, 1.165) is 0 Å². The van der Waals surface area contributed by atoms with Crippen LogP contribution < -0.4 is 19.5 Å². The fraction of sp³-hybridized carbons (Fsp3) is 0.235. The molecule has 0 heterocycles. The Hall–Kier alpha value is -2.29. The number of carbonyl (C=O) groups is 1. The van der Waals surface area contributed by atoms with Crippen molar-refractivity contribution in [2.45, 2.75) is 17.9 Å². The van der Waals surface area contributed by atoms with Gasteiger partial charge in [-0.2, -0.15) is 4.72 Å². The summed E-state index contributed by atoms with van der Waals surface area (Å²) in [5.41, 5.74) is 0.399. The minimum atomic E-state index is -3.86. The predicted molar refractivity (Wildman–Crippen MR) is 99.4 cm³/mol.